The Morgan fingerprint density at radius 1 is 1.05 bits per heavy atom. The van der Waals surface area contributed by atoms with Crippen molar-refractivity contribution in [1.82, 2.24) is 4.90 Å². The van der Waals surface area contributed by atoms with Gasteiger partial charge < -0.3 is 5.11 Å². The molecule has 0 aromatic heterocycles. The van der Waals surface area contributed by atoms with Crippen molar-refractivity contribution in [2.75, 3.05) is 13.1 Å². The van der Waals surface area contributed by atoms with Gasteiger partial charge in [0.05, 0.1) is 6.54 Å². The Bertz CT molecular complexity index is 608. The Balaban J connectivity index is 2.07. The highest BCUT2D eigenvalue weighted by Gasteiger charge is 2.09. The number of rotatable bonds is 7. The molecule has 0 amide bonds. The van der Waals surface area contributed by atoms with Gasteiger partial charge in [-0.3, -0.25) is 9.69 Å². The van der Waals surface area contributed by atoms with E-state index in [-0.39, 0.29) is 6.54 Å². The van der Waals surface area contributed by atoms with Crippen LogP contribution in [0.25, 0.3) is 11.1 Å². The van der Waals surface area contributed by atoms with Gasteiger partial charge in [-0.15, -0.1) is 0 Å². The highest BCUT2D eigenvalue weighted by Crippen LogP contribution is 2.22. The Morgan fingerprint density at radius 2 is 1.59 bits per heavy atom. The number of carboxylic acid groups (broad SMARTS) is 1. The zero-order valence-corrected chi connectivity index (χ0v) is 13.4. The maximum Gasteiger partial charge on any atom is 0.317 e. The van der Waals surface area contributed by atoms with Crippen molar-refractivity contribution in [2.24, 2.45) is 0 Å². The van der Waals surface area contributed by atoms with Crippen LogP contribution >= 0.6 is 11.6 Å². The molecule has 0 saturated heterocycles. The fraction of sp³-hybridized carbons (Fsp3) is 0.278. The Hall–Kier alpha value is -1.84. The van der Waals surface area contributed by atoms with E-state index in [9.17, 15) is 4.79 Å². The number of hydrogen-bond acceptors (Lipinski definition) is 2. The van der Waals surface area contributed by atoms with Crippen LogP contribution in [0.4, 0.5) is 0 Å². The average Bonchev–Trinajstić information content (AvgIpc) is 2.48. The van der Waals surface area contributed by atoms with Gasteiger partial charge in [0.25, 0.3) is 0 Å². The van der Waals surface area contributed by atoms with Crippen molar-refractivity contribution in [3.63, 3.8) is 0 Å². The summed E-state index contributed by atoms with van der Waals surface area (Å²) in [4.78, 5) is 12.8. The first-order valence-electron chi connectivity index (χ1n) is 7.37. The largest absolute Gasteiger partial charge is 0.480 e. The van der Waals surface area contributed by atoms with Gasteiger partial charge in [0.1, 0.15) is 0 Å². The molecule has 0 aliphatic carbocycles. The molecule has 0 aliphatic rings. The molecule has 22 heavy (non-hydrogen) atoms. The van der Waals surface area contributed by atoms with Crippen LogP contribution in [0.15, 0.2) is 48.5 Å². The van der Waals surface area contributed by atoms with Crippen molar-refractivity contribution in [3.05, 3.63) is 59.1 Å². The van der Waals surface area contributed by atoms with Crippen molar-refractivity contribution in [3.8, 4) is 11.1 Å². The quantitative estimate of drug-likeness (QED) is 0.827. The van der Waals surface area contributed by atoms with E-state index in [0.29, 0.717) is 6.54 Å². The Morgan fingerprint density at radius 3 is 2.09 bits per heavy atom. The summed E-state index contributed by atoms with van der Waals surface area (Å²) >= 11 is 5.90. The number of carboxylic acids is 1. The highest BCUT2D eigenvalue weighted by atomic mass is 35.5. The van der Waals surface area contributed by atoms with Crippen LogP contribution in [0, 0.1) is 0 Å². The second kappa shape index (κ2) is 7.97. The molecule has 116 valence electrons. The fourth-order valence-corrected chi connectivity index (χ4v) is 2.55. The van der Waals surface area contributed by atoms with Gasteiger partial charge in [-0.2, -0.15) is 0 Å². The summed E-state index contributed by atoms with van der Waals surface area (Å²) in [5.74, 6) is -0.786. The molecule has 3 nitrogen and oxygen atoms in total. The van der Waals surface area contributed by atoms with E-state index < -0.39 is 5.97 Å². The van der Waals surface area contributed by atoms with Gasteiger partial charge in [-0.05, 0) is 41.8 Å². The molecule has 0 unspecified atom stereocenters. The van der Waals surface area contributed by atoms with Gasteiger partial charge in [0, 0.05) is 11.6 Å². The van der Waals surface area contributed by atoms with Gasteiger partial charge in [0.2, 0.25) is 0 Å². The normalized spacial score (nSPS) is 10.9. The lowest BCUT2D eigenvalue weighted by molar-refractivity contribution is -0.138. The summed E-state index contributed by atoms with van der Waals surface area (Å²) in [6.45, 7) is 3.57. The van der Waals surface area contributed by atoms with Crippen molar-refractivity contribution in [2.45, 2.75) is 19.9 Å². The minimum Gasteiger partial charge on any atom is -0.480 e. The summed E-state index contributed by atoms with van der Waals surface area (Å²) in [6.07, 6.45) is 0.941. The monoisotopic (exact) mass is 317 g/mol. The molecule has 0 fully saturated rings. The van der Waals surface area contributed by atoms with Crippen LogP contribution in [0.2, 0.25) is 5.02 Å². The first kappa shape index (κ1) is 16.5. The molecule has 2 aromatic carbocycles. The third kappa shape index (κ3) is 4.86. The summed E-state index contributed by atoms with van der Waals surface area (Å²) in [5, 5.41) is 9.68. The minimum absolute atomic E-state index is 0.0762. The average molecular weight is 318 g/mol. The van der Waals surface area contributed by atoms with E-state index in [2.05, 4.69) is 31.2 Å². The topological polar surface area (TPSA) is 40.5 Å². The van der Waals surface area contributed by atoms with E-state index in [1.165, 1.54) is 0 Å². The molecule has 4 heteroatoms. The number of halogens is 1. The zero-order valence-electron chi connectivity index (χ0n) is 12.6. The van der Waals surface area contributed by atoms with Crippen LogP contribution in [0.3, 0.4) is 0 Å². The third-order valence-electron chi connectivity index (χ3n) is 3.44. The van der Waals surface area contributed by atoms with Gasteiger partial charge in [-0.1, -0.05) is 54.9 Å². The number of carbonyl (C=O) groups is 1. The summed E-state index contributed by atoms with van der Waals surface area (Å²) in [7, 11) is 0. The molecule has 0 spiro atoms. The van der Waals surface area contributed by atoms with Gasteiger partial charge >= 0.3 is 5.97 Å². The first-order chi connectivity index (χ1) is 10.6. The van der Waals surface area contributed by atoms with E-state index in [1.807, 2.05) is 29.2 Å². The number of hydrogen-bond donors (Lipinski definition) is 1. The van der Waals surface area contributed by atoms with Crippen LogP contribution in [-0.2, 0) is 11.3 Å². The van der Waals surface area contributed by atoms with Crippen LogP contribution in [0.5, 0.6) is 0 Å². The molecule has 0 saturated carbocycles. The number of aliphatic carboxylic acids is 1. The molecule has 0 aliphatic heterocycles. The molecule has 0 heterocycles. The predicted molar refractivity (Wildman–Crippen MR) is 90.1 cm³/mol. The second-order valence-electron chi connectivity index (χ2n) is 5.31. The van der Waals surface area contributed by atoms with E-state index in [0.717, 1.165) is 34.7 Å². The molecule has 2 aromatic rings. The zero-order chi connectivity index (χ0) is 15.9. The summed E-state index contributed by atoms with van der Waals surface area (Å²) < 4.78 is 0. The smallest absolute Gasteiger partial charge is 0.317 e. The maximum atomic E-state index is 10.9. The van der Waals surface area contributed by atoms with Gasteiger partial charge in [0.15, 0.2) is 0 Å². The number of nitrogens with zero attached hydrogens (tertiary/aromatic N) is 1. The molecule has 0 bridgehead atoms. The predicted octanol–water partition coefficient (Wildman–Crippen LogP) is 4.30. The van der Waals surface area contributed by atoms with Crippen molar-refractivity contribution < 1.29 is 9.90 Å². The highest BCUT2D eigenvalue weighted by molar-refractivity contribution is 6.30. The first-order valence-corrected chi connectivity index (χ1v) is 7.75. The van der Waals surface area contributed by atoms with Crippen molar-refractivity contribution >= 4 is 17.6 Å². The van der Waals surface area contributed by atoms with Crippen LogP contribution in [0.1, 0.15) is 18.9 Å². The molecular weight excluding hydrogens is 298 g/mol. The lowest BCUT2D eigenvalue weighted by atomic mass is 10.0. The lowest BCUT2D eigenvalue weighted by Gasteiger charge is -2.19. The van der Waals surface area contributed by atoms with Crippen LogP contribution < -0.4 is 0 Å². The van der Waals surface area contributed by atoms with Crippen molar-refractivity contribution in [1.29, 1.82) is 0 Å². The Kier molecular flexibility index (Phi) is 5.99. The van der Waals surface area contributed by atoms with E-state index in [1.54, 1.807) is 0 Å². The molecular formula is C18H20ClNO2. The third-order valence-corrected chi connectivity index (χ3v) is 3.69. The summed E-state index contributed by atoms with van der Waals surface area (Å²) in [6, 6.07) is 16.0. The molecule has 0 atom stereocenters. The lowest BCUT2D eigenvalue weighted by Crippen LogP contribution is -2.30. The Labute approximate surface area is 136 Å². The molecule has 0 radical (unpaired) electrons. The van der Waals surface area contributed by atoms with Crippen LogP contribution in [-0.4, -0.2) is 29.1 Å². The van der Waals surface area contributed by atoms with E-state index >= 15 is 0 Å². The minimum atomic E-state index is -0.786. The van der Waals surface area contributed by atoms with E-state index in [4.69, 9.17) is 16.7 Å². The standard InChI is InChI=1S/C18H20ClNO2/c1-2-11-20(13-18(21)22)12-14-3-5-15(6-4-14)16-7-9-17(19)10-8-16/h3-10H,2,11-13H2,1H3,(H,21,22). The second-order valence-corrected chi connectivity index (χ2v) is 5.74. The summed E-state index contributed by atoms with van der Waals surface area (Å²) in [5.41, 5.74) is 3.36. The van der Waals surface area contributed by atoms with Gasteiger partial charge in [-0.25, -0.2) is 0 Å². The molecule has 1 N–H and O–H groups in total. The number of benzene rings is 2. The fourth-order valence-electron chi connectivity index (χ4n) is 2.42. The molecule has 2 rings (SSSR count). The SMILES string of the molecule is CCCN(CC(=O)O)Cc1ccc(-c2ccc(Cl)cc2)cc1. The maximum absolute atomic E-state index is 10.9.